The summed E-state index contributed by atoms with van der Waals surface area (Å²) in [6.07, 6.45) is 2.38. The van der Waals surface area contributed by atoms with E-state index in [1.165, 1.54) is 11.3 Å². The molecule has 2 amide bonds. The number of ketones is 1. The Kier molecular flexibility index (Phi) is 5.50. The van der Waals surface area contributed by atoms with Crippen molar-refractivity contribution in [3.63, 3.8) is 0 Å². The zero-order valence-electron chi connectivity index (χ0n) is 12.2. The average Bonchev–Trinajstić information content (AvgIpc) is 3.13. The third kappa shape index (κ3) is 4.67. The summed E-state index contributed by atoms with van der Waals surface area (Å²) in [6, 6.07) is 3.68. The van der Waals surface area contributed by atoms with Crippen molar-refractivity contribution in [3.05, 3.63) is 21.9 Å². The summed E-state index contributed by atoms with van der Waals surface area (Å²) in [5, 5.41) is 2.59. The third-order valence-corrected chi connectivity index (χ3v) is 4.53. The smallest absolute Gasteiger partial charge is 0.241 e. The van der Waals surface area contributed by atoms with Gasteiger partial charge in [0.05, 0.1) is 11.4 Å². The molecular weight excluding hydrogens is 288 g/mol. The van der Waals surface area contributed by atoms with Gasteiger partial charge in [0.15, 0.2) is 5.78 Å². The number of nitrogens with one attached hydrogen (secondary N) is 1. The molecule has 0 bridgehead atoms. The van der Waals surface area contributed by atoms with Gasteiger partial charge in [-0.3, -0.25) is 14.4 Å². The minimum Gasteiger partial charge on any atom is -0.347 e. The highest BCUT2D eigenvalue weighted by atomic mass is 32.1. The van der Waals surface area contributed by atoms with Crippen molar-refractivity contribution in [3.8, 4) is 0 Å². The predicted octanol–water partition coefficient (Wildman–Crippen LogP) is 1.76. The highest BCUT2D eigenvalue weighted by Gasteiger charge is 2.18. The van der Waals surface area contributed by atoms with Crippen LogP contribution in [0, 0.1) is 6.92 Å². The van der Waals surface area contributed by atoms with Crippen LogP contribution in [0.3, 0.4) is 0 Å². The van der Waals surface area contributed by atoms with Crippen LogP contribution < -0.4 is 5.32 Å². The molecule has 114 valence electrons. The SMILES string of the molecule is Cc1ccc(C(=O)CCC(=O)NCC(=O)N2CCCC2)s1. The first-order valence-corrected chi connectivity index (χ1v) is 8.02. The zero-order chi connectivity index (χ0) is 15.2. The lowest BCUT2D eigenvalue weighted by atomic mass is 10.2. The number of aryl methyl sites for hydroxylation is 1. The van der Waals surface area contributed by atoms with E-state index < -0.39 is 0 Å². The number of hydrogen-bond donors (Lipinski definition) is 1. The Morgan fingerprint density at radius 1 is 1.19 bits per heavy atom. The number of carbonyl (C=O) groups excluding carboxylic acids is 3. The van der Waals surface area contributed by atoms with Gasteiger partial charge >= 0.3 is 0 Å². The van der Waals surface area contributed by atoms with Crippen LogP contribution in [0.15, 0.2) is 12.1 Å². The largest absolute Gasteiger partial charge is 0.347 e. The lowest BCUT2D eigenvalue weighted by Crippen LogP contribution is -2.38. The van der Waals surface area contributed by atoms with Gasteiger partial charge in [0.25, 0.3) is 0 Å². The standard InChI is InChI=1S/C15H20N2O3S/c1-11-4-6-13(21-11)12(18)5-7-14(19)16-10-15(20)17-8-2-3-9-17/h4,6H,2-3,5,7-10H2,1H3,(H,16,19). The number of rotatable bonds is 6. The van der Waals surface area contributed by atoms with Gasteiger partial charge in [0, 0.05) is 30.8 Å². The molecule has 0 spiro atoms. The summed E-state index contributed by atoms with van der Waals surface area (Å²) in [5.41, 5.74) is 0. The second kappa shape index (κ2) is 7.36. The van der Waals surface area contributed by atoms with Crippen molar-refractivity contribution in [2.75, 3.05) is 19.6 Å². The second-order valence-corrected chi connectivity index (χ2v) is 6.49. The number of amides is 2. The van der Waals surface area contributed by atoms with Gasteiger partial charge in [-0.25, -0.2) is 0 Å². The summed E-state index contributed by atoms with van der Waals surface area (Å²) >= 11 is 1.44. The van der Waals surface area contributed by atoms with Crippen LogP contribution >= 0.6 is 11.3 Å². The number of thiophene rings is 1. The Morgan fingerprint density at radius 2 is 1.90 bits per heavy atom. The number of Topliss-reactive ketones (excluding diaryl/α,β-unsaturated/α-hetero) is 1. The molecule has 1 saturated heterocycles. The second-order valence-electron chi connectivity index (χ2n) is 5.20. The van der Waals surface area contributed by atoms with Crippen molar-refractivity contribution < 1.29 is 14.4 Å². The predicted molar refractivity (Wildman–Crippen MR) is 81.4 cm³/mol. The molecule has 2 heterocycles. The molecule has 0 unspecified atom stereocenters. The zero-order valence-corrected chi connectivity index (χ0v) is 13.0. The van der Waals surface area contributed by atoms with Crippen molar-refractivity contribution in [2.24, 2.45) is 0 Å². The number of carbonyl (C=O) groups is 3. The average molecular weight is 308 g/mol. The van der Waals surface area contributed by atoms with E-state index in [0.717, 1.165) is 30.8 Å². The van der Waals surface area contributed by atoms with Gasteiger partial charge in [-0.05, 0) is 31.9 Å². The normalized spacial score (nSPS) is 14.2. The summed E-state index contributed by atoms with van der Waals surface area (Å²) in [6.45, 7) is 3.54. The Labute approximate surface area is 128 Å². The quantitative estimate of drug-likeness (QED) is 0.814. The molecule has 0 aliphatic carbocycles. The topological polar surface area (TPSA) is 66.5 Å². The fourth-order valence-corrected chi connectivity index (χ4v) is 3.11. The molecule has 0 atom stereocenters. The van der Waals surface area contributed by atoms with Gasteiger partial charge in [-0.2, -0.15) is 0 Å². The lowest BCUT2D eigenvalue weighted by molar-refractivity contribution is -0.132. The Balaban J connectivity index is 1.67. The summed E-state index contributed by atoms with van der Waals surface area (Å²) in [7, 11) is 0. The Hall–Kier alpha value is -1.69. The molecule has 5 nitrogen and oxygen atoms in total. The van der Waals surface area contributed by atoms with Crippen LogP contribution in [-0.2, 0) is 9.59 Å². The molecule has 6 heteroatoms. The highest BCUT2D eigenvalue weighted by molar-refractivity contribution is 7.14. The number of hydrogen-bond acceptors (Lipinski definition) is 4. The van der Waals surface area contributed by atoms with Crippen molar-refractivity contribution >= 4 is 28.9 Å². The molecule has 1 aromatic rings. The number of nitrogens with zero attached hydrogens (tertiary/aromatic N) is 1. The van der Waals surface area contributed by atoms with E-state index >= 15 is 0 Å². The maximum atomic E-state index is 11.9. The first-order valence-electron chi connectivity index (χ1n) is 7.20. The van der Waals surface area contributed by atoms with Crippen molar-refractivity contribution in [2.45, 2.75) is 32.6 Å². The summed E-state index contributed by atoms with van der Waals surface area (Å²) < 4.78 is 0. The molecule has 21 heavy (non-hydrogen) atoms. The summed E-state index contributed by atoms with van der Waals surface area (Å²) in [5.74, 6) is -0.306. The van der Waals surface area contributed by atoms with Crippen molar-refractivity contribution in [1.29, 1.82) is 0 Å². The first kappa shape index (κ1) is 15.7. The van der Waals surface area contributed by atoms with Gasteiger partial charge in [-0.15, -0.1) is 11.3 Å². The molecular formula is C15H20N2O3S. The maximum Gasteiger partial charge on any atom is 0.241 e. The van der Waals surface area contributed by atoms with Gasteiger partial charge in [0.1, 0.15) is 0 Å². The van der Waals surface area contributed by atoms with E-state index in [4.69, 9.17) is 0 Å². The van der Waals surface area contributed by atoms with Crippen LogP contribution in [0.1, 0.15) is 40.2 Å². The van der Waals surface area contributed by atoms with Crippen LogP contribution in [0.25, 0.3) is 0 Å². The molecule has 0 saturated carbocycles. The van der Waals surface area contributed by atoms with Gasteiger partial charge in [-0.1, -0.05) is 0 Å². The minimum atomic E-state index is -0.246. The molecule has 0 radical (unpaired) electrons. The van der Waals surface area contributed by atoms with E-state index in [9.17, 15) is 14.4 Å². The van der Waals surface area contributed by atoms with E-state index in [-0.39, 0.29) is 37.0 Å². The molecule has 0 aromatic carbocycles. The van der Waals surface area contributed by atoms with Crippen LogP contribution in [0.5, 0.6) is 0 Å². The third-order valence-electron chi connectivity index (χ3n) is 3.49. The Morgan fingerprint density at radius 3 is 2.52 bits per heavy atom. The van der Waals surface area contributed by atoms with E-state index in [0.29, 0.717) is 4.88 Å². The van der Waals surface area contributed by atoms with Crippen LogP contribution in [0.2, 0.25) is 0 Å². The van der Waals surface area contributed by atoms with Gasteiger partial charge in [0.2, 0.25) is 11.8 Å². The maximum absolute atomic E-state index is 11.9. The molecule has 1 aromatic heterocycles. The lowest BCUT2D eigenvalue weighted by Gasteiger charge is -2.15. The highest BCUT2D eigenvalue weighted by Crippen LogP contribution is 2.17. The molecule has 2 rings (SSSR count). The minimum absolute atomic E-state index is 0.0193. The fraction of sp³-hybridized carbons (Fsp3) is 0.533. The Bertz CT molecular complexity index is 533. The first-order chi connectivity index (χ1) is 10.1. The fourth-order valence-electron chi connectivity index (χ4n) is 2.28. The van der Waals surface area contributed by atoms with Crippen LogP contribution in [0.4, 0.5) is 0 Å². The molecule has 1 aliphatic heterocycles. The molecule has 1 aliphatic rings. The van der Waals surface area contributed by atoms with E-state index in [2.05, 4.69) is 5.32 Å². The molecule has 1 fully saturated rings. The van der Waals surface area contributed by atoms with Gasteiger partial charge < -0.3 is 10.2 Å². The van der Waals surface area contributed by atoms with E-state index in [1.54, 1.807) is 11.0 Å². The van der Waals surface area contributed by atoms with Crippen LogP contribution in [-0.4, -0.2) is 42.1 Å². The summed E-state index contributed by atoms with van der Waals surface area (Å²) in [4.78, 5) is 38.8. The molecule has 1 N–H and O–H groups in total. The number of likely N-dealkylation sites (tertiary alicyclic amines) is 1. The monoisotopic (exact) mass is 308 g/mol. The van der Waals surface area contributed by atoms with Crippen molar-refractivity contribution in [1.82, 2.24) is 10.2 Å². The van der Waals surface area contributed by atoms with E-state index in [1.807, 2.05) is 13.0 Å².